The lowest BCUT2D eigenvalue weighted by atomic mass is 9.96. The van der Waals surface area contributed by atoms with Crippen LogP contribution in [0.3, 0.4) is 0 Å². The summed E-state index contributed by atoms with van der Waals surface area (Å²) in [6.07, 6.45) is 1.99. The van der Waals surface area contributed by atoms with Crippen LogP contribution in [0.5, 0.6) is 0 Å². The average molecular weight is 142 g/mol. The second kappa shape index (κ2) is 2.19. The lowest BCUT2D eigenvalue weighted by Gasteiger charge is -2.21. The molecule has 3 nitrogen and oxygen atoms in total. The first-order valence-electron chi connectivity index (χ1n) is 3.95. The molecule has 0 saturated carbocycles. The van der Waals surface area contributed by atoms with E-state index in [-0.39, 0.29) is 11.6 Å². The maximum Gasteiger partial charge on any atom is 0.0682 e. The second-order valence-corrected chi connectivity index (χ2v) is 3.45. The minimum atomic E-state index is -0.111. The summed E-state index contributed by atoms with van der Waals surface area (Å²) in [5.41, 5.74) is 0.249. The van der Waals surface area contributed by atoms with Crippen LogP contribution in [0.4, 0.5) is 0 Å². The number of β-amino-alcohol motifs (C(OH)–C–C–N with tert-alkyl or cyclic N) is 1. The molecule has 3 heteroatoms. The smallest absolute Gasteiger partial charge is 0.0682 e. The van der Waals surface area contributed by atoms with Crippen LogP contribution in [0.25, 0.3) is 0 Å². The Kier molecular flexibility index (Phi) is 1.44. The predicted octanol–water partition coefficient (Wildman–Crippen LogP) is -0.927. The fraction of sp³-hybridized carbons (Fsp3) is 1.00. The molecule has 1 spiro atoms. The molecule has 0 amide bonds. The molecule has 2 unspecified atom stereocenters. The first kappa shape index (κ1) is 6.58. The first-order chi connectivity index (χ1) is 4.81. The number of hydrogen-bond donors (Lipinski definition) is 3. The molecule has 2 heterocycles. The molecule has 2 saturated heterocycles. The van der Waals surface area contributed by atoms with Crippen LogP contribution < -0.4 is 10.6 Å². The van der Waals surface area contributed by atoms with Gasteiger partial charge in [-0.2, -0.15) is 0 Å². The number of aliphatic hydroxyl groups is 1. The Balaban J connectivity index is 2.03. The van der Waals surface area contributed by atoms with Gasteiger partial charge in [-0.3, -0.25) is 0 Å². The second-order valence-electron chi connectivity index (χ2n) is 3.45. The summed E-state index contributed by atoms with van der Waals surface area (Å²) >= 11 is 0. The van der Waals surface area contributed by atoms with Crippen molar-refractivity contribution in [2.75, 3.05) is 19.6 Å². The van der Waals surface area contributed by atoms with Crippen LogP contribution in [0.2, 0.25) is 0 Å². The number of aliphatic hydroxyl groups excluding tert-OH is 1. The van der Waals surface area contributed by atoms with Gasteiger partial charge in [0.2, 0.25) is 0 Å². The highest BCUT2D eigenvalue weighted by Gasteiger charge is 2.39. The zero-order valence-corrected chi connectivity index (χ0v) is 6.06. The van der Waals surface area contributed by atoms with Crippen molar-refractivity contribution < 1.29 is 5.11 Å². The summed E-state index contributed by atoms with van der Waals surface area (Å²) in [6, 6.07) is 0. The fourth-order valence-corrected chi connectivity index (χ4v) is 2.00. The summed E-state index contributed by atoms with van der Waals surface area (Å²) in [4.78, 5) is 0. The Hall–Kier alpha value is -0.120. The topological polar surface area (TPSA) is 44.3 Å². The standard InChI is InChI=1S/C7H14N2O/c10-6-3-7(9-4-6)1-2-8-5-7/h6,8-10H,1-5H2. The van der Waals surface area contributed by atoms with Crippen LogP contribution in [0.15, 0.2) is 0 Å². The van der Waals surface area contributed by atoms with Crippen LogP contribution >= 0.6 is 0 Å². The molecule has 0 aromatic rings. The van der Waals surface area contributed by atoms with Crippen LogP contribution in [-0.4, -0.2) is 36.4 Å². The monoisotopic (exact) mass is 142 g/mol. The molecule has 3 N–H and O–H groups in total. The third-order valence-corrected chi connectivity index (χ3v) is 2.58. The molecule has 2 aliphatic rings. The molecular weight excluding hydrogens is 128 g/mol. The number of nitrogens with one attached hydrogen (secondary N) is 2. The highest BCUT2D eigenvalue weighted by molar-refractivity contribution is 5.02. The van der Waals surface area contributed by atoms with Crippen molar-refractivity contribution in [1.82, 2.24) is 10.6 Å². The lowest BCUT2D eigenvalue weighted by molar-refractivity contribution is 0.186. The fourth-order valence-electron chi connectivity index (χ4n) is 2.00. The van der Waals surface area contributed by atoms with Gasteiger partial charge in [-0.05, 0) is 19.4 Å². The SMILES string of the molecule is OC1CNC2(CCNC2)C1. The maximum atomic E-state index is 9.26. The van der Waals surface area contributed by atoms with E-state index in [1.165, 1.54) is 6.42 Å². The van der Waals surface area contributed by atoms with Crippen molar-refractivity contribution in [3.05, 3.63) is 0 Å². The van der Waals surface area contributed by atoms with E-state index < -0.39 is 0 Å². The molecule has 10 heavy (non-hydrogen) atoms. The van der Waals surface area contributed by atoms with Gasteiger partial charge in [-0.25, -0.2) is 0 Å². The van der Waals surface area contributed by atoms with Gasteiger partial charge in [-0.1, -0.05) is 0 Å². The highest BCUT2D eigenvalue weighted by atomic mass is 16.3. The molecule has 0 aliphatic carbocycles. The highest BCUT2D eigenvalue weighted by Crippen LogP contribution is 2.25. The molecule has 0 radical (unpaired) electrons. The van der Waals surface area contributed by atoms with Crippen molar-refractivity contribution in [3.8, 4) is 0 Å². The van der Waals surface area contributed by atoms with E-state index in [1.807, 2.05) is 0 Å². The Labute approximate surface area is 60.8 Å². The van der Waals surface area contributed by atoms with E-state index in [1.54, 1.807) is 0 Å². The zero-order chi connectivity index (χ0) is 7.03. The molecule has 58 valence electrons. The van der Waals surface area contributed by atoms with Gasteiger partial charge in [0.15, 0.2) is 0 Å². The van der Waals surface area contributed by atoms with E-state index >= 15 is 0 Å². The summed E-state index contributed by atoms with van der Waals surface area (Å²) < 4.78 is 0. The molecule has 2 fully saturated rings. The molecule has 0 aromatic heterocycles. The maximum absolute atomic E-state index is 9.26. The molecule has 2 aliphatic heterocycles. The van der Waals surface area contributed by atoms with Crippen molar-refractivity contribution in [1.29, 1.82) is 0 Å². The minimum absolute atomic E-state index is 0.111. The third kappa shape index (κ3) is 0.944. The van der Waals surface area contributed by atoms with Gasteiger partial charge in [0.05, 0.1) is 6.10 Å². The van der Waals surface area contributed by atoms with Crippen LogP contribution in [0, 0.1) is 0 Å². The molecule has 0 bridgehead atoms. The van der Waals surface area contributed by atoms with E-state index in [0.717, 1.165) is 26.1 Å². The molecular formula is C7H14N2O. The third-order valence-electron chi connectivity index (χ3n) is 2.58. The Morgan fingerprint density at radius 2 is 2.40 bits per heavy atom. The van der Waals surface area contributed by atoms with E-state index in [2.05, 4.69) is 10.6 Å². The van der Waals surface area contributed by atoms with Gasteiger partial charge in [0.25, 0.3) is 0 Å². The van der Waals surface area contributed by atoms with E-state index in [4.69, 9.17) is 0 Å². The Bertz CT molecular complexity index is 132. The number of rotatable bonds is 0. The van der Waals surface area contributed by atoms with Crippen LogP contribution in [-0.2, 0) is 0 Å². The van der Waals surface area contributed by atoms with Crippen molar-refractivity contribution in [2.24, 2.45) is 0 Å². The van der Waals surface area contributed by atoms with Gasteiger partial charge < -0.3 is 15.7 Å². The normalized spacial score (nSPS) is 47.1. The van der Waals surface area contributed by atoms with E-state index in [0.29, 0.717) is 0 Å². The van der Waals surface area contributed by atoms with Gasteiger partial charge in [-0.15, -0.1) is 0 Å². The van der Waals surface area contributed by atoms with Crippen molar-refractivity contribution in [3.63, 3.8) is 0 Å². The van der Waals surface area contributed by atoms with Gasteiger partial charge in [0.1, 0.15) is 0 Å². The summed E-state index contributed by atoms with van der Waals surface area (Å²) in [5.74, 6) is 0. The minimum Gasteiger partial charge on any atom is -0.392 e. The quantitative estimate of drug-likeness (QED) is 0.409. The predicted molar refractivity (Wildman–Crippen MR) is 38.8 cm³/mol. The molecule has 0 aromatic carbocycles. The average Bonchev–Trinajstić information content (AvgIpc) is 2.46. The zero-order valence-electron chi connectivity index (χ0n) is 6.06. The lowest BCUT2D eigenvalue weighted by Crippen LogP contribution is -2.41. The number of hydrogen-bond acceptors (Lipinski definition) is 3. The van der Waals surface area contributed by atoms with Gasteiger partial charge in [0, 0.05) is 18.6 Å². The van der Waals surface area contributed by atoms with Crippen LogP contribution in [0.1, 0.15) is 12.8 Å². The summed E-state index contributed by atoms with van der Waals surface area (Å²) in [5, 5.41) is 15.9. The van der Waals surface area contributed by atoms with E-state index in [9.17, 15) is 5.11 Å². The molecule has 2 atom stereocenters. The van der Waals surface area contributed by atoms with Crippen molar-refractivity contribution >= 4 is 0 Å². The van der Waals surface area contributed by atoms with Gasteiger partial charge >= 0.3 is 0 Å². The van der Waals surface area contributed by atoms with Crippen molar-refractivity contribution in [2.45, 2.75) is 24.5 Å². The summed E-state index contributed by atoms with van der Waals surface area (Å²) in [6.45, 7) is 2.91. The summed E-state index contributed by atoms with van der Waals surface area (Å²) in [7, 11) is 0. The largest absolute Gasteiger partial charge is 0.392 e. The Morgan fingerprint density at radius 1 is 1.50 bits per heavy atom. The first-order valence-corrected chi connectivity index (χ1v) is 3.95. The Morgan fingerprint density at radius 3 is 2.90 bits per heavy atom. The molecule has 2 rings (SSSR count).